The summed E-state index contributed by atoms with van der Waals surface area (Å²) in [5.41, 5.74) is 1.04. The smallest absolute Gasteiger partial charge is 0.416 e. The molecule has 3 aromatic rings. The van der Waals surface area contributed by atoms with Crippen molar-refractivity contribution in [3.63, 3.8) is 0 Å². The van der Waals surface area contributed by atoms with Gasteiger partial charge in [-0.1, -0.05) is 49.4 Å². The molecule has 2 amide bonds. The van der Waals surface area contributed by atoms with E-state index in [1.807, 2.05) is 30.3 Å². The van der Waals surface area contributed by atoms with E-state index in [2.05, 4.69) is 15.4 Å². The Kier molecular flexibility index (Phi) is 8.68. The van der Waals surface area contributed by atoms with E-state index >= 15 is 0 Å². The summed E-state index contributed by atoms with van der Waals surface area (Å²) in [6.45, 7) is 1.96. The molecule has 3 aromatic carbocycles. The Morgan fingerprint density at radius 3 is 2.33 bits per heavy atom. The molecule has 36 heavy (non-hydrogen) atoms. The molecule has 0 heterocycles. The summed E-state index contributed by atoms with van der Waals surface area (Å²) in [4.78, 5) is 24.3. The molecule has 0 aliphatic heterocycles. The Labute approximate surface area is 206 Å². The van der Waals surface area contributed by atoms with Crippen molar-refractivity contribution in [1.82, 2.24) is 10.6 Å². The molecule has 5 nitrogen and oxygen atoms in total. The third-order valence-corrected chi connectivity index (χ3v) is 5.61. The normalized spacial score (nSPS) is 12.1. The second-order valence-electron chi connectivity index (χ2n) is 8.17. The molecule has 9 heteroatoms. The Morgan fingerprint density at radius 1 is 0.972 bits per heavy atom. The van der Waals surface area contributed by atoms with Crippen LogP contribution in [-0.2, 0) is 28.7 Å². The number of rotatable bonds is 8. The number of hydrogen-bond acceptors (Lipinski definition) is 3. The Bertz CT molecular complexity index is 1210. The molecule has 0 saturated carbocycles. The maximum absolute atomic E-state index is 14.4. The Morgan fingerprint density at radius 2 is 1.69 bits per heavy atom. The number of halogens is 4. The fourth-order valence-corrected chi connectivity index (χ4v) is 3.82. The number of carbonyl (C=O) groups is 2. The number of nitrogens with one attached hydrogen (secondary N) is 2. The predicted octanol–water partition coefficient (Wildman–Crippen LogP) is 6.18. The van der Waals surface area contributed by atoms with Crippen molar-refractivity contribution in [3.05, 3.63) is 94.8 Å². The zero-order valence-corrected chi connectivity index (χ0v) is 19.8. The van der Waals surface area contributed by atoms with E-state index in [-0.39, 0.29) is 30.5 Å². The minimum Gasteiger partial charge on any atom is -0.469 e. The molecule has 0 bridgehead atoms. The molecular weight excluding hydrogens is 476 g/mol. The third kappa shape index (κ3) is 7.07. The van der Waals surface area contributed by atoms with Crippen molar-refractivity contribution < 1.29 is 31.9 Å². The van der Waals surface area contributed by atoms with Crippen LogP contribution >= 0.6 is 0 Å². The van der Waals surface area contributed by atoms with E-state index < -0.39 is 35.6 Å². The number of hydrogen-bond donors (Lipinski definition) is 2. The van der Waals surface area contributed by atoms with Crippen LogP contribution in [0.5, 0.6) is 0 Å². The van der Waals surface area contributed by atoms with E-state index in [0.717, 1.165) is 23.8 Å². The highest BCUT2D eigenvalue weighted by atomic mass is 19.4. The summed E-state index contributed by atoms with van der Waals surface area (Å²) < 4.78 is 59.7. The van der Waals surface area contributed by atoms with Gasteiger partial charge in [-0.3, -0.25) is 4.79 Å². The van der Waals surface area contributed by atoms with Crippen molar-refractivity contribution >= 4 is 12.0 Å². The first kappa shape index (κ1) is 26.7. The number of urea groups is 1. The highest BCUT2D eigenvalue weighted by Gasteiger charge is 2.32. The van der Waals surface area contributed by atoms with E-state index in [9.17, 15) is 27.2 Å². The van der Waals surface area contributed by atoms with Gasteiger partial charge in [-0.2, -0.15) is 13.2 Å². The lowest BCUT2D eigenvalue weighted by Crippen LogP contribution is -2.37. The molecule has 0 aromatic heterocycles. The van der Waals surface area contributed by atoms with Gasteiger partial charge in [-0.25, -0.2) is 9.18 Å². The van der Waals surface area contributed by atoms with Crippen LogP contribution < -0.4 is 10.6 Å². The highest BCUT2D eigenvalue weighted by Crippen LogP contribution is 2.37. The first-order valence-corrected chi connectivity index (χ1v) is 11.3. The van der Waals surface area contributed by atoms with Crippen LogP contribution in [0.1, 0.15) is 41.6 Å². The molecule has 0 spiro atoms. The van der Waals surface area contributed by atoms with Crippen LogP contribution in [0.15, 0.2) is 66.7 Å². The number of esters is 1. The molecule has 0 saturated heterocycles. The van der Waals surface area contributed by atoms with Gasteiger partial charge < -0.3 is 15.4 Å². The lowest BCUT2D eigenvalue weighted by atomic mass is 9.90. The number of carbonyl (C=O) groups excluding carboxylic acids is 2. The maximum Gasteiger partial charge on any atom is 0.416 e. The van der Waals surface area contributed by atoms with Gasteiger partial charge in [0.25, 0.3) is 0 Å². The van der Waals surface area contributed by atoms with Crippen molar-refractivity contribution in [2.75, 3.05) is 7.11 Å². The average Bonchev–Trinajstić information content (AvgIpc) is 2.85. The molecular formula is C27H26F4N2O3. The molecule has 0 aliphatic rings. The van der Waals surface area contributed by atoms with E-state index in [4.69, 9.17) is 0 Å². The van der Waals surface area contributed by atoms with E-state index in [1.165, 1.54) is 25.3 Å². The van der Waals surface area contributed by atoms with Crippen LogP contribution in [0.3, 0.4) is 0 Å². The zero-order valence-electron chi connectivity index (χ0n) is 19.8. The third-order valence-electron chi connectivity index (χ3n) is 5.61. The van der Waals surface area contributed by atoms with Crippen LogP contribution in [0.25, 0.3) is 11.1 Å². The minimum atomic E-state index is -4.61. The number of methoxy groups -OCH3 is 1. The summed E-state index contributed by atoms with van der Waals surface area (Å²) in [6, 6.07) is 14.8. The van der Waals surface area contributed by atoms with Gasteiger partial charge in [0.2, 0.25) is 0 Å². The second-order valence-corrected chi connectivity index (χ2v) is 8.17. The van der Waals surface area contributed by atoms with Gasteiger partial charge in [0.1, 0.15) is 5.82 Å². The summed E-state index contributed by atoms with van der Waals surface area (Å²) in [7, 11) is 1.21. The Hall–Kier alpha value is -3.88. The van der Waals surface area contributed by atoms with Crippen LogP contribution in [0.2, 0.25) is 0 Å². The summed E-state index contributed by atoms with van der Waals surface area (Å²) in [6.07, 6.45) is -4.54. The lowest BCUT2D eigenvalue weighted by molar-refractivity contribution is -0.140. The fraction of sp³-hybridized carbons (Fsp3) is 0.259. The lowest BCUT2D eigenvalue weighted by Gasteiger charge is -2.23. The predicted molar refractivity (Wildman–Crippen MR) is 127 cm³/mol. The summed E-state index contributed by atoms with van der Waals surface area (Å²) >= 11 is 0. The Balaban J connectivity index is 1.96. The van der Waals surface area contributed by atoms with Gasteiger partial charge in [-0.05, 0) is 58.5 Å². The standard InChI is InChI=1S/C27H26F4N2O3/c1-3-24(33-26(35)32-16-17-7-5-4-6-8-17)23-15-20(27(29,30)31)9-10-22(23)19-11-18(12-21(28)14-19)13-25(34)36-2/h4-12,14-15,24H,3,13,16H2,1-2H3,(H2,32,33,35). The fourth-order valence-electron chi connectivity index (χ4n) is 3.82. The van der Waals surface area contributed by atoms with Crippen molar-refractivity contribution in [1.29, 1.82) is 0 Å². The van der Waals surface area contributed by atoms with Crippen LogP contribution in [0, 0.1) is 5.82 Å². The van der Waals surface area contributed by atoms with Crippen LogP contribution in [0.4, 0.5) is 22.4 Å². The number of alkyl halides is 3. The molecule has 1 unspecified atom stereocenters. The van der Waals surface area contributed by atoms with Crippen molar-refractivity contribution in [3.8, 4) is 11.1 Å². The zero-order chi connectivity index (χ0) is 26.3. The largest absolute Gasteiger partial charge is 0.469 e. The first-order valence-electron chi connectivity index (χ1n) is 11.3. The molecule has 2 N–H and O–H groups in total. The molecule has 0 aliphatic carbocycles. The molecule has 0 radical (unpaired) electrons. The van der Waals surface area contributed by atoms with Gasteiger partial charge in [0, 0.05) is 6.54 Å². The minimum absolute atomic E-state index is 0.178. The van der Waals surface area contributed by atoms with Crippen molar-refractivity contribution in [2.45, 2.75) is 38.5 Å². The summed E-state index contributed by atoms with van der Waals surface area (Å²) in [5.74, 6) is -1.23. The highest BCUT2D eigenvalue weighted by molar-refractivity contribution is 5.77. The number of ether oxygens (including phenoxy) is 1. The van der Waals surface area contributed by atoms with Gasteiger partial charge in [0.05, 0.1) is 25.1 Å². The molecule has 3 rings (SSSR count). The van der Waals surface area contributed by atoms with E-state index in [0.29, 0.717) is 11.1 Å². The topological polar surface area (TPSA) is 67.4 Å². The maximum atomic E-state index is 14.4. The molecule has 1 atom stereocenters. The molecule has 0 fully saturated rings. The van der Waals surface area contributed by atoms with Gasteiger partial charge in [0.15, 0.2) is 0 Å². The first-order chi connectivity index (χ1) is 17.1. The average molecular weight is 503 g/mol. The monoisotopic (exact) mass is 502 g/mol. The SMILES string of the molecule is CCC(NC(=O)NCc1ccccc1)c1cc(C(F)(F)F)ccc1-c1cc(F)cc(CC(=O)OC)c1. The number of benzene rings is 3. The quantitative estimate of drug-likeness (QED) is 0.286. The van der Waals surface area contributed by atoms with Crippen LogP contribution in [-0.4, -0.2) is 19.1 Å². The second kappa shape index (κ2) is 11.7. The van der Waals surface area contributed by atoms with Gasteiger partial charge in [-0.15, -0.1) is 0 Å². The van der Waals surface area contributed by atoms with Gasteiger partial charge >= 0.3 is 18.2 Å². The summed E-state index contributed by atoms with van der Waals surface area (Å²) in [5, 5.41) is 5.43. The van der Waals surface area contributed by atoms with E-state index in [1.54, 1.807) is 6.92 Å². The van der Waals surface area contributed by atoms with Crippen molar-refractivity contribution in [2.24, 2.45) is 0 Å². The number of amides is 2. The molecule has 190 valence electrons.